The third-order valence-electron chi connectivity index (χ3n) is 3.58. The second-order valence-electron chi connectivity index (χ2n) is 5.18. The number of rotatable bonds is 6. The number of nitrogens with zero attached hydrogens (tertiary/aromatic N) is 1. The van der Waals surface area contributed by atoms with E-state index in [2.05, 4.69) is 31.6 Å². The van der Waals surface area contributed by atoms with E-state index in [0.717, 1.165) is 20.6 Å². The molecule has 2 N–H and O–H groups in total. The number of aliphatic imine (C=N–C) groups is 1. The average molecular weight is 427 g/mol. The van der Waals surface area contributed by atoms with Gasteiger partial charge in [-0.25, -0.2) is 0 Å². The molecule has 0 aliphatic rings. The minimum atomic E-state index is 0.584. The van der Waals surface area contributed by atoms with E-state index in [4.69, 9.17) is 21.1 Å². The van der Waals surface area contributed by atoms with Crippen molar-refractivity contribution in [2.24, 2.45) is 4.99 Å². The summed E-state index contributed by atoms with van der Waals surface area (Å²) in [7, 11) is 4.96. The van der Waals surface area contributed by atoms with E-state index in [1.165, 1.54) is 0 Å². The van der Waals surface area contributed by atoms with E-state index in [9.17, 15) is 0 Å². The van der Waals surface area contributed by atoms with Crippen LogP contribution in [0.15, 0.2) is 45.9 Å². The van der Waals surface area contributed by atoms with Gasteiger partial charge in [-0.2, -0.15) is 0 Å². The van der Waals surface area contributed by atoms with Crippen molar-refractivity contribution in [3.63, 3.8) is 0 Å². The minimum Gasteiger partial charge on any atom is -0.493 e. The van der Waals surface area contributed by atoms with Gasteiger partial charge >= 0.3 is 0 Å². The SMILES string of the molecule is CN=C(NCc1cc(Br)c(OC)c(OC)c1)NCc1ccccc1Cl. The van der Waals surface area contributed by atoms with Gasteiger partial charge in [0.05, 0.1) is 18.7 Å². The molecule has 2 aromatic rings. The van der Waals surface area contributed by atoms with Crippen LogP contribution in [0.2, 0.25) is 5.02 Å². The Morgan fingerprint density at radius 2 is 1.84 bits per heavy atom. The van der Waals surface area contributed by atoms with Gasteiger partial charge in [-0.1, -0.05) is 29.8 Å². The van der Waals surface area contributed by atoms with Crippen molar-refractivity contribution in [3.8, 4) is 11.5 Å². The first kappa shape index (κ1) is 19.4. The summed E-state index contributed by atoms with van der Waals surface area (Å²) in [5, 5.41) is 7.25. The zero-order chi connectivity index (χ0) is 18.2. The van der Waals surface area contributed by atoms with Crippen LogP contribution in [0, 0.1) is 0 Å². The molecule has 0 aliphatic heterocycles. The lowest BCUT2D eigenvalue weighted by Gasteiger charge is -2.15. The molecule has 0 atom stereocenters. The smallest absolute Gasteiger partial charge is 0.191 e. The van der Waals surface area contributed by atoms with Crippen LogP contribution in [0.4, 0.5) is 0 Å². The molecule has 0 heterocycles. The van der Waals surface area contributed by atoms with Crippen LogP contribution >= 0.6 is 27.5 Å². The first-order chi connectivity index (χ1) is 12.1. The molecule has 0 radical (unpaired) electrons. The van der Waals surface area contributed by atoms with Gasteiger partial charge in [0.2, 0.25) is 0 Å². The Balaban J connectivity index is 1.99. The van der Waals surface area contributed by atoms with Gasteiger partial charge in [0, 0.05) is 25.2 Å². The van der Waals surface area contributed by atoms with Gasteiger partial charge in [-0.3, -0.25) is 4.99 Å². The van der Waals surface area contributed by atoms with Crippen molar-refractivity contribution >= 4 is 33.5 Å². The number of halogens is 2. The standard InChI is InChI=1S/C18H21BrClN3O2/c1-21-18(23-11-13-6-4-5-7-15(13)20)22-10-12-8-14(19)17(25-3)16(9-12)24-2/h4-9H,10-11H2,1-3H3,(H2,21,22,23). The molecule has 7 heteroatoms. The Bertz CT molecular complexity index is 753. The molecule has 0 fully saturated rings. The largest absolute Gasteiger partial charge is 0.493 e. The number of guanidine groups is 1. The highest BCUT2D eigenvalue weighted by molar-refractivity contribution is 9.10. The predicted molar refractivity (Wildman–Crippen MR) is 106 cm³/mol. The number of hydrogen-bond acceptors (Lipinski definition) is 3. The van der Waals surface area contributed by atoms with Crippen LogP contribution in [0.3, 0.4) is 0 Å². The summed E-state index contributed by atoms with van der Waals surface area (Å²) in [5.74, 6) is 2.03. The van der Waals surface area contributed by atoms with E-state index in [1.54, 1.807) is 21.3 Å². The Hall–Kier alpha value is -1.92. The molecule has 2 rings (SSSR count). The monoisotopic (exact) mass is 425 g/mol. The molecule has 134 valence electrons. The fraction of sp³-hybridized carbons (Fsp3) is 0.278. The Kier molecular flexibility index (Phi) is 7.40. The first-order valence-corrected chi connectivity index (χ1v) is 8.84. The van der Waals surface area contributed by atoms with E-state index in [1.807, 2.05) is 36.4 Å². The molecule has 5 nitrogen and oxygen atoms in total. The van der Waals surface area contributed by atoms with Gasteiger partial charge in [0.15, 0.2) is 17.5 Å². The minimum absolute atomic E-state index is 0.584. The molecule has 0 saturated heterocycles. The van der Waals surface area contributed by atoms with Crippen LogP contribution in [0.1, 0.15) is 11.1 Å². The van der Waals surface area contributed by atoms with Crippen LogP contribution in [-0.4, -0.2) is 27.2 Å². The lowest BCUT2D eigenvalue weighted by molar-refractivity contribution is 0.352. The van der Waals surface area contributed by atoms with Gasteiger partial charge in [-0.05, 0) is 45.3 Å². The molecule has 0 bridgehead atoms. The van der Waals surface area contributed by atoms with E-state index in [0.29, 0.717) is 30.5 Å². The summed E-state index contributed by atoms with van der Waals surface area (Å²) in [4.78, 5) is 4.23. The van der Waals surface area contributed by atoms with Crippen LogP contribution in [0.5, 0.6) is 11.5 Å². The highest BCUT2D eigenvalue weighted by Crippen LogP contribution is 2.36. The normalized spacial score (nSPS) is 11.2. The average Bonchev–Trinajstić information content (AvgIpc) is 2.62. The summed E-state index contributed by atoms with van der Waals surface area (Å²) in [6.07, 6.45) is 0. The Labute approximate surface area is 161 Å². The molecule has 0 spiro atoms. The second-order valence-corrected chi connectivity index (χ2v) is 6.45. The summed E-state index contributed by atoms with van der Waals surface area (Å²) in [5.41, 5.74) is 2.05. The Morgan fingerprint density at radius 3 is 2.48 bits per heavy atom. The van der Waals surface area contributed by atoms with Gasteiger partial charge < -0.3 is 20.1 Å². The highest BCUT2D eigenvalue weighted by Gasteiger charge is 2.11. The quantitative estimate of drug-likeness (QED) is 0.542. The predicted octanol–water partition coefficient (Wildman–Crippen LogP) is 3.98. The third-order valence-corrected chi connectivity index (χ3v) is 4.54. The first-order valence-electron chi connectivity index (χ1n) is 7.67. The lowest BCUT2D eigenvalue weighted by Crippen LogP contribution is -2.36. The molecule has 0 unspecified atom stereocenters. The number of benzene rings is 2. The molecular formula is C18H21BrClN3O2. The molecule has 0 amide bonds. The van der Waals surface area contributed by atoms with E-state index in [-0.39, 0.29) is 0 Å². The zero-order valence-electron chi connectivity index (χ0n) is 14.4. The maximum Gasteiger partial charge on any atom is 0.191 e. The van der Waals surface area contributed by atoms with Crippen LogP contribution < -0.4 is 20.1 Å². The molecular weight excluding hydrogens is 406 g/mol. The summed E-state index contributed by atoms with van der Waals surface area (Å²) in [6, 6.07) is 11.6. The maximum atomic E-state index is 6.17. The van der Waals surface area contributed by atoms with Gasteiger partial charge in [0.25, 0.3) is 0 Å². The van der Waals surface area contributed by atoms with Crippen molar-refractivity contribution < 1.29 is 9.47 Å². The Morgan fingerprint density at radius 1 is 1.12 bits per heavy atom. The lowest BCUT2D eigenvalue weighted by atomic mass is 10.2. The van der Waals surface area contributed by atoms with Crippen molar-refractivity contribution in [2.45, 2.75) is 13.1 Å². The number of methoxy groups -OCH3 is 2. The molecule has 0 aromatic heterocycles. The second kappa shape index (κ2) is 9.53. The number of hydrogen-bond donors (Lipinski definition) is 2. The molecule has 0 aliphatic carbocycles. The molecule has 25 heavy (non-hydrogen) atoms. The van der Waals surface area contributed by atoms with E-state index < -0.39 is 0 Å². The summed E-state index contributed by atoms with van der Waals surface area (Å²) >= 11 is 9.67. The van der Waals surface area contributed by atoms with Crippen molar-refractivity contribution in [1.29, 1.82) is 0 Å². The summed E-state index contributed by atoms with van der Waals surface area (Å²) in [6.45, 7) is 1.18. The number of ether oxygens (including phenoxy) is 2. The zero-order valence-corrected chi connectivity index (χ0v) is 16.7. The van der Waals surface area contributed by atoms with Gasteiger partial charge in [-0.15, -0.1) is 0 Å². The van der Waals surface area contributed by atoms with Gasteiger partial charge in [0.1, 0.15) is 0 Å². The van der Waals surface area contributed by atoms with E-state index >= 15 is 0 Å². The fourth-order valence-corrected chi connectivity index (χ4v) is 3.15. The fourth-order valence-electron chi connectivity index (χ4n) is 2.30. The highest BCUT2D eigenvalue weighted by atomic mass is 79.9. The third kappa shape index (κ3) is 5.28. The molecule has 0 saturated carbocycles. The van der Waals surface area contributed by atoms with Crippen LogP contribution in [0.25, 0.3) is 0 Å². The number of nitrogens with one attached hydrogen (secondary N) is 2. The summed E-state index contributed by atoms with van der Waals surface area (Å²) < 4.78 is 11.5. The topological polar surface area (TPSA) is 54.9 Å². The van der Waals surface area contributed by atoms with Crippen molar-refractivity contribution in [1.82, 2.24) is 10.6 Å². The van der Waals surface area contributed by atoms with Crippen molar-refractivity contribution in [3.05, 3.63) is 57.0 Å². The van der Waals surface area contributed by atoms with Crippen molar-refractivity contribution in [2.75, 3.05) is 21.3 Å². The van der Waals surface area contributed by atoms with Crippen LogP contribution in [-0.2, 0) is 13.1 Å². The molecule has 2 aromatic carbocycles. The maximum absolute atomic E-state index is 6.17.